The number of likely N-dealkylation sites (tertiary alicyclic amines) is 1. The first-order valence-electron chi connectivity index (χ1n) is 9.82. The van der Waals surface area contributed by atoms with Gasteiger partial charge in [0.2, 0.25) is 0 Å². The fourth-order valence-corrected chi connectivity index (χ4v) is 3.83. The van der Waals surface area contributed by atoms with E-state index in [1.165, 1.54) is 17.4 Å². The highest BCUT2D eigenvalue weighted by Gasteiger charge is 2.26. The fourth-order valence-electron chi connectivity index (χ4n) is 3.83. The second kappa shape index (κ2) is 7.97. The van der Waals surface area contributed by atoms with E-state index in [9.17, 15) is 4.79 Å². The van der Waals surface area contributed by atoms with Gasteiger partial charge in [0.1, 0.15) is 6.26 Å². The number of oxazole rings is 1. The summed E-state index contributed by atoms with van der Waals surface area (Å²) in [6.07, 6.45) is 4.14. The molecule has 1 saturated heterocycles. The Morgan fingerprint density at radius 3 is 2.57 bits per heavy atom. The molecule has 144 valence electrons. The summed E-state index contributed by atoms with van der Waals surface area (Å²) in [5.41, 5.74) is 5.24. The van der Waals surface area contributed by atoms with Crippen LogP contribution in [0.15, 0.2) is 53.1 Å². The van der Waals surface area contributed by atoms with Gasteiger partial charge in [-0.05, 0) is 43.0 Å². The summed E-state index contributed by atoms with van der Waals surface area (Å²) >= 11 is 0. The number of hydrogen-bond donors (Lipinski definition) is 0. The number of pyridine rings is 1. The van der Waals surface area contributed by atoms with Gasteiger partial charge in [0.05, 0.1) is 0 Å². The van der Waals surface area contributed by atoms with Crippen LogP contribution < -0.4 is 0 Å². The Morgan fingerprint density at radius 2 is 1.86 bits per heavy atom. The molecule has 2 aromatic heterocycles. The molecule has 0 saturated carbocycles. The average Bonchev–Trinajstić information content (AvgIpc) is 3.16. The minimum absolute atomic E-state index is 0.0448. The van der Waals surface area contributed by atoms with Crippen molar-refractivity contribution in [1.82, 2.24) is 14.9 Å². The molecule has 0 aliphatic carbocycles. The number of amides is 1. The van der Waals surface area contributed by atoms with Crippen LogP contribution in [-0.2, 0) is 6.42 Å². The molecule has 1 amide bonds. The Bertz CT molecular complexity index is 971. The normalized spacial score (nSPS) is 15.0. The lowest BCUT2D eigenvalue weighted by Crippen LogP contribution is -2.38. The van der Waals surface area contributed by atoms with Crippen LogP contribution in [0.4, 0.5) is 0 Å². The molecule has 0 spiro atoms. The molecule has 1 fully saturated rings. The third-order valence-corrected chi connectivity index (χ3v) is 5.50. The van der Waals surface area contributed by atoms with Gasteiger partial charge in [-0.3, -0.25) is 9.78 Å². The van der Waals surface area contributed by atoms with Crippen LogP contribution in [0, 0.1) is 13.8 Å². The molecule has 0 unspecified atom stereocenters. The zero-order valence-electron chi connectivity index (χ0n) is 16.4. The van der Waals surface area contributed by atoms with E-state index in [-0.39, 0.29) is 5.91 Å². The van der Waals surface area contributed by atoms with Gasteiger partial charge < -0.3 is 9.32 Å². The van der Waals surface area contributed by atoms with Crippen molar-refractivity contribution in [3.63, 3.8) is 0 Å². The van der Waals surface area contributed by atoms with Gasteiger partial charge in [-0.25, -0.2) is 4.98 Å². The largest absolute Gasteiger partial charge is 0.448 e. The number of aryl methyl sites for hydroxylation is 2. The van der Waals surface area contributed by atoms with E-state index >= 15 is 0 Å². The average molecular weight is 375 g/mol. The molecule has 1 aliphatic rings. The SMILES string of the molecule is Cc1nc(C(=O)N2CCC(c3cccc(Cc4ccccc4C)n3)CC2)co1. The van der Waals surface area contributed by atoms with Crippen molar-refractivity contribution in [2.45, 2.75) is 39.0 Å². The molecule has 1 aliphatic heterocycles. The van der Waals surface area contributed by atoms with Crippen LogP contribution in [-0.4, -0.2) is 33.9 Å². The quantitative estimate of drug-likeness (QED) is 0.682. The summed E-state index contributed by atoms with van der Waals surface area (Å²) in [4.78, 5) is 23.5. The predicted octanol–water partition coefficient (Wildman–Crippen LogP) is 4.30. The number of rotatable bonds is 4. The molecular formula is C23H25N3O2. The molecule has 0 N–H and O–H groups in total. The highest BCUT2D eigenvalue weighted by molar-refractivity contribution is 5.92. The summed E-state index contributed by atoms with van der Waals surface area (Å²) in [5, 5.41) is 0. The number of aromatic nitrogens is 2. The van der Waals surface area contributed by atoms with E-state index in [0.29, 0.717) is 17.5 Å². The van der Waals surface area contributed by atoms with Crippen molar-refractivity contribution in [2.24, 2.45) is 0 Å². The number of nitrogens with zero attached hydrogens (tertiary/aromatic N) is 3. The third kappa shape index (κ3) is 3.98. The lowest BCUT2D eigenvalue weighted by atomic mass is 9.92. The number of carbonyl (C=O) groups excluding carboxylic acids is 1. The number of piperidine rings is 1. The Balaban J connectivity index is 1.41. The van der Waals surface area contributed by atoms with Crippen molar-refractivity contribution in [3.05, 3.63) is 82.8 Å². The number of hydrogen-bond acceptors (Lipinski definition) is 4. The molecule has 5 nitrogen and oxygen atoms in total. The molecule has 0 atom stereocenters. The van der Waals surface area contributed by atoms with E-state index in [1.807, 2.05) is 4.90 Å². The molecule has 3 heterocycles. The van der Waals surface area contributed by atoms with Crippen molar-refractivity contribution in [3.8, 4) is 0 Å². The molecule has 5 heteroatoms. The number of benzene rings is 1. The Hall–Kier alpha value is -2.95. The topological polar surface area (TPSA) is 59.2 Å². The second-order valence-electron chi connectivity index (χ2n) is 7.48. The van der Waals surface area contributed by atoms with Gasteiger partial charge in [0, 0.05) is 43.7 Å². The maximum atomic E-state index is 12.5. The first-order valence-corrected chi connectivity index (χ1v) is 9.82. The van der Waals surface area contributed by atoms with E-state index in [2.05, 4.69) is 54.4 Å². The lowest BCUT2D eigenvalue weighted by molar-refractivity contribution is 0.0706. The molecule has 0 radical (unpaired) electrons. The molecule has 1 aromatic carbocycles. The van der Waals surface area contributed by atoms with E-state index in [0.717, 1.165) is 43.7 Å². The maximum absolute atomic E-state index is 12.5. The molecule has 3 aromatic rings. The fraction of sp³-hybridized carbons (Fsp3) is 0.348. The second-order valence-corrected chi connectivity index (χ2v) is 7.48. The highest BCUT2D eigenvalue weighted by Crippen LogP contribution is 2.28. The Kier molecular flexibility index (Phi) is 5.24. The monoisotopic (exact) mass is 375 g/mol. The summed E-state index contributed by atoms with van der Waals surface area (Å²) in [6.45, 7) is 5.33. The van der Waals surface area contributed by atoms with Crippen LogP contribution in [0.2, 0.25) is 0 Å². The Labute approximate surface area is 165 Å². The Morgan fingerprint density at radius 1 is 1.07 bits per heavy atom. The van der Waals surface area contributed by atoms with Crippen LogP contribution in [0.1, 0.15) is 57.7 Å². The zero-order chi connectivity index (χ0) is 19.5. The lowest BCUT2D eigenvalue weighted by Gasteiger charge is -2.31. The van der Waals surface area contributed by atoms with Crippen LogP contribution in [0.3, 0.4) is 0 Å². The summed E-state index contributed by atoms with van der Waals surface area (Å²) in [7, 11) is 0. The van der Waals surface area contributed by atoms with Crippen molar-refractivity contribution in [2.75, 3.05) is 13.1 Å². The summed E-state index contributed by atoms with van der Waals surface area (Å²) < 4.78 is 5.17. The first-order chi connectivity index (χ1) is 13.6. The standard InChI is InChI=1S/C23H25N3O2/c1-16-6-3-4-7-19(16)14-20-8-5-9-21(25-20)18-10-12-26(13-11-18)23(27)22-15-28-17(2)24-22/h3-9,15,18H,10-14H2,1-2H3. The van der Waals surface area contributed by atoms with Crippen LogP contribution >= 0.6 is 0 Å². The van der Waals surface area contributed by atoms with E-state index < -0.39 is 0 Å². The smallest absolute Gasteiger partial charge is 0.275 e. The maximum Gasteiger partial charge on any atom is 0.275 e. The van der Waals surface area contributed by atoms with Gasteiger partial charge >= 0.3 is 0 Å². The van der Waals surface area contributed by atoms with E-state index in [1.54, 1.807) is 6.92 Å². The zero-order valence-corrected chi connectivity index (χ0v) is 16.4. The van der Waals surface area contributed by atoms with Crippen LogP contribution in [0.5, 0.6) is 0 Å². The minimum atomic E-state index is -0.0448. The van der Waals surface area contributed by atoms with Crippen molar-refractivity contribution in [1.29, 1.82) is 0 Å². The van der Waals surface area contributed by atoms with Gasteiger partial charge in [-0.1, -0.05) is 30.3 Å². The van der Waals surface area contributed by atoms with Gasteiger partial charge in [-0.2, -0.15) is 0 Å². The van der Waals surface area contributed by atoms with Crippen LogP contribution in [0.25, 0.3) is 0 Å². The molecular weight excluding hydrogens is 350 g/mol. The van der Waals surface area contributed by atoms with Crippen molar-refractivity contribution >= 4 is 5.91 Å². The van der Waals surface area contributed by atoms with Gasteiger partial charge in [0.25, 0.3) is 5.91 Å². The minimum Gasteiger partial charge on any atom is -0.448 e. The molecule has 28 heavy (non-hydrogen) atoms. The number of carbonyl (C=O) groups is 1. The predicted molar refractivity (Wildman–Crippen MR) is 107 cm³/mol. The van der Waals surface area contributed by atoms with E-state index in [4.69, 9.17) is 9.40 Å². The third-order valence-electron chi connectivity index (χ3n) is 5.50. The van der Waals surface area contributed by atoms with Crippen molar-refractivity contribution < 1.29 is 9.21 Å². The first kappa shape index (κ1) is 18.4. The highest BCUT2D eigenvalue weighted by atomic mass is 16.3. The van der Waals surface area contributed by atoms with Gasteiger partial charge in [0.15, 0.2) is 11.6 Å². The molecule has 0 bridgehead atoms. The van der Waals surface area contributed by atoms with Gasteiger partial charge in [-0.15, -0.1) is 0 Å². The summed E-state index contributed by atoms with van der Waals surface area (Å²) in [6, 6.07) is 14.8. The summed E-state index contributed by atoms with van der Waals surface area (Å²) in [5.74, 6) is 0.865. The molecule has 4 rings (SSSR count).